The molecule has 1 aliphatic rings. The monoisotopic (exact) mass is 322 g/mol. The molecule has 0 bridgehead atoms. The molecular formula is C13H17F3N2O2S. The first-order valence-electron chi connectivity index (χ1n) is 6.67. The van der Waals surface area contributed by atoms with Gasteiger partial charge in [-0.1, -0.05) is 6.92 Å². The Labute approximate surface area is 122 Å². The van der Waals surface area contributed by atoms with Crippen LogP contribution in [0.3, 0.4) is 0 Å². The molecule has 0 amide bonds. The molecule has 0 aliphatic carbocycles. The molecule has 2 rings (SSSR count). The van der Waals surface area contributed by atoms with Gasteiger partial charge in [0.05, 0.1) is 5.25 Å². The molecule has 0 saturated carbocycles. The lowest BCUT2D eigenvalue weighted by Crippen LogP contribution is -2.36. The van der Waals surface area contributed by atoms with Crippen molar-refractivity contribution in [2.75, 3.05) is 19.6 Å². The first kappa shape index (κ1) is 16.3. The van der Waals surface area contributed by atoms with Gasteiger partial charge in [0.2, 0.25) is 10.0 Å². The second-order valence-corrected chi connectivity index (χ2v) is 7.09. The molecule has 21 heavy (non-hydrogen) atoms. The van der Waals surface area contributed by atoms with Gasteiger partial charge in [0, 0.05) is 31.3 Å². The van der Waals surface area contributed by atoms with Gasteiger partial charge in [0.25, 0.3) is 0 Å². The Hall–Kier alpha value is -1.12. The summed E-state index contributed by atoms with van der Waals surface area (Å²) >= 11 is 0. The fraction of sp³-hybridized carbons (Fsp3) is 0.538. The van der Waals surface area contributed by atoms with Crippen molar-refractivity contribution in [3.63, 3.8) is 0 Å². The predicted octanol–water partition coefficient (Wildman–Crippen LogP) is 1.62. The molecule has 1 aromatic rings. The molecule has 1 N–H and O–H groups in total. The summed E-state index contributed by atoms with van der Waals surface area (Å²) in [5.74, 6) is -3.17. The van der Waals surface area contributed by atoms with Crippen LogP contribution in [0.1, 0.15) is 18.9 Å². The largest absolute Gasteiger partial charge is 0.298 e. The van der Waals surface area contributed by atoms with Crippen molar-refractivity contribution in [2.24, 2.45) is 0 Å². The fourth-order valence-electron chi connectivity index (χ4n) is 2.44. The summed E-state index contributed by atoms with van der Waals surface area (Å²) in [5, 5.41) is -0.564. The number of likely N-dealkylation sites (tertiary alicyclic amines) is 1. The summed E-state index contributed by atoms with van der Waals surface area (Å²) < 4.78 is 65.8. The van der Waals surface area contributed by atoms with Crippen molar-refractivity contribution in [3.05, 3.63) is 35.1 Å². The zero-order chi connectivity index (χ0) is 15.6. The molecule has 1 aliphatic heterocycles. The van der Waals surface area contributed by atoms with E-state index in [0.717, 1.165) is 6.07 Å². The zero-order valence-electron chi connectivity index (χ0n) is 11.6. The SMILES string of the molecule is CCNS(=O)(=O)[C@@H]1CCN(Cc2cc(F)c(F)cc2F)C1. The first-order chi connectivity index (χ1) is 9.83. The lowest BCUT2D eigenvalue weighted by Gasteiger charge is -2.17. The van der Waals surface area contributed by atoms with E-state index in [1.165, 1.54) is 0 Å². The van der Waals surface area contributed by atoms with E-state index in [-0.39, 0.29) is 18.7 Å². The molecule has 0 radical (unpaired) electrons. The minimum absolute atomic E-state index is 0.0235. The molecule has 1 aromatic carbocycles. The predicted molar refractivity (Wildman–Crippen MR) is 72.6 cm³/mol. The van der Waals surface area contributed by atoms with E-state index in [0.29, 0.717) is 25.6 Å². The molecule has 8 heteroatoms. The molecule has 1 heterocycles. The van der Waals surface area contributed by atoms with Crippen molar-refractivity contribution < 1.29 is 21.6 Å². The summed E-state index contributed by atoms with van der Waals surface area (Å²) in [6, 6.07) is 1.32. The van der Waals surface area contributed by atoms with Gasteiger partial charge >= 0.3 is 0 Å². The van der Waals surface area contributed by atoms with Gasteiger partial charge in [-0.15, -0.1) is 0 Å². The third-order valence-electron chi connectivity index (χ3n) is 3.50. The molecular weight excluding hydrogens is 305 g/mol. The second-order valence-electron chi connectivity index (χ2n) is 5.05. The molecule has 0 unspecified atom stereocenters. The van der Waals surface area contributed by atoms with Crippen molar-refractivity contribution in [3.8, 4) is 0 Å². The molecule has 0 aromatic heterocycles. The van der Waals surface area contributed by atoms with Gasteiger partial charge in [0.15, 0.2) is 11.6 Å². The number of nitrogens with one attached hydrogen (secondary N) is 1. The van der Waals surface area contributed by atoms with Crippen LogP contribution in [0.15, 0.2) is 12.1 Å². The maximum Gasteiger partial charge on any atom is 0.215 e. The van der Waals surface area contributed by atoms with Gasteiger partial charge in [-0.3, -0.25) is 4.90 Å². The highest BCUT2D eigenvalue weighted by Gasteiger charge is 2.32. The Bertz CT molecular complexity index is 622. The molecule has 1 saturated heterocycles. The number of rotatable bonds is 5. The van der Waals surface area contributed by atoms with Crippen LogP contribution >= 0.6 is 0 Å². The first-order valence-corrected chi connectivity index (χ1v) is 8.22. The zero-order valence-corrected chi connectivity index (χ0v) is 12.4. The van der Waals surface area contributed by atoms with Crippen LogP contribution in [0.4, 0.5) is 13.2 Å². The number of benzene rings is 1. The number of nitrogens with zero attached hydrogens (tertiary/aromatic N) is 1. The third-order valence-corrected chi connectivity index (χ3v) is 5.45. The number of hydrogen-bond acceptors (Lipinski definition) is 3. The van der Waals surface area contributed by atoms with E-state index in [2.05, 4.69) is 4.72 Å². The summed E-state index contributed by atoms with van der Waals surface area (Å²) in [6.45, 7) is 2.78. The summed E-state index contributed by atoms with van der Waals surface area (Å²) in [7, 11) is -3.38. The molecule has 118 valence electrons. The Morgan fingerprint density at radius 1 is 1.24 bits per heavy atom. The van der Waals surface area contributed by atoms with E-state index < -0.39 is 32.7 Å². The number of hydrogen-bond donors (Lipinski definition) is 1. The van der Waals surface area contributed by atoms with Crippen LogP contribution in [0.25, 0.3) is 0 Å². The molecule has 0 spiro atoms. The number of sulfonamides is 1. The summed E-state index contributed by atoms with van der Waals surface area (Å²) in [5.41, 5.74) is 0.0235. The molecule has 1 atom stereocenters. The van der Waals surface area contributed by atoms with Crippen LogP contribution in [0.5, 0.6) is 0 Å². The summed E-state index contributed by atoms with van der Waals surface area (Å²) in [6.07, 6.45) is 0.431. The Morgan fingerprint density at radius 2 is 1.90 bits per heavy atom. The average molecular weight is 322 g/mol. The van der Waals surface area contributed by atoms with E-state index >= 15 is 0 Å². The van der Waals surface area contributed by atoms with Crippen LogP contribution in [0.2, 0.25) is 0 Å². The van der Waals surface area contributed by atoms with Crippen LogP contribution < -0.4 is 4.72 Å². The molecule has 4 nitrogen and oxygen atoms in total. The Kier molecular flexibility index (Phi) is 4.90. The van der Waals surface area contributed by atoms with E-state index in [9.17, 15) is 21.6 Å². The minimum Gasteiger partial charge on any atom is -0.298 e. The van der Waals surface area contributed by atoms with E-state index in [1.54, 1.807) is 11.8 Å². The van der Waals surface area contributed by atoms with Gasteiger partial charge < -0.3 is 0 Å². The highest BCUT2D eigenvalue weighted by atomic mass is 32.2. The summed E-state index contributed by atoms with van der Waals surface area (Å²) in [4.78, 5) is 1.72. The van der Waals surface area contributed by atoms with Gasteiger partial charge in [-0.25, -0.2) is 26.3 Å². The van der Waals surface area contributed by atoms with E-state index in [1.807, 2.05) is 0 Å². The highest BCUT2D eigenvalue weighted by Crippen LogP contribution is 2.21. The van der Waals surface area contributed by atoms with Crippen molar-refractivity contribution in [1.82, 2.24) is 9.62 Å². The third kappa shape index (κ3) is 3.75. The van der Waals surface area contributed by atoms with Crippen LogP contribution in [0, 0.1) is 17.5 Å². The maximum atomic E-state index is 13.6. The number of halogens is 3. The second kappa shape index (κ2) is 6.33. The maximum absolute atomic E-state index is 13.6. The normalized spacial score (nSPS) is 20.1. The molecule has 1 fully saturated rings. The highest BCUT2D eigenvalue weighted by molar-refractivity contribution is 7.90. The van der Waals surface area contributed by atoms with Crippen LogP contribution in [-0.4, -0.2) is 38.2 Å². The fourth-order valence-corrected chi connectivity index (χ4v) is 3.90. The topological polar surface area (TPSA) is 49.4 Å². The van der Waals surface area contributed by atoms with Crippen LogP contribution in [-0.2, 0) is 16.6 Å². The minimum atomic E-state index is -3.38. The Morgan fingerprint density at radius 3 is 2.57 bits per heavy atom. The quantitative estimate of drug-likeness (QED) is 0.838. The van der Waals surface area contributed by atoms with Gasteiger partial charge in [-0.2, -0.15) is 0 Å². The Balaban J connectivity index is 2.05. The van der Waals surface area contributed by atoms with Crippen molar-refractivity contribution >= 4 is 10.0 Å². The lowest BCUT2D eigenvalue weighted by molar-refractivity contribution is 0.323. The van der Waals surface area contributed by atoms with Gasteiger partial charge in [0.1, 0.15) is 5.82 Å². The van der Waals surface area contributed by atoms with E-state index in [4.69, 9.17) is 0 Å². The van der Waals surface area contributed by atoms with Crippen molar-refractivity contribution in [2.45, 2.75) is 25.1 Å². The van der Waals surface area contributed by atoms with Gasteiger partial charge in [-0.05, 0) is 19.0 Å². The average Bonchev–Trinajstić information content (AvgIpc) is 2.85. The standard InChI is InChI=1S/C13H17F3N2O2S/c1-2-17-21(19,20)10-3-4-18(8-10)7-9-5-12(15)13(16)6-11(9)14/h5-6,10,17H,2-4,7-8H2,1H3/t10-/m1/s1. The lowest BCUT2D eigenvalue weighted by atomic mass is 10.2. The van der Waals surface area contributed by atoms with Crippen molar-refractivity contribution in [1.29, 1.82) is 0 Å². The smallest absolute Gasteiger partial charge is 0.215 e.